The standard InChI is InChI=1S/C14H22N2O4/c1-3-11(4-2)16(8-9-17)14(20)12-6-5-7-15(12)10-13(18)19/h5-7,11,17H,3-4,8-10H2,1-2H3,(H,18,19). The Labute approximate surface area is 118 Å². The molecule has 0 fully saturated rings. The van der Waals surface area contributed by atoms with E-state index in [0.717, 1.165) is 12.8 Å². The SMILES string of the molecule is CCC(CC)N(CCO)C(=O)c1cccn1CC(=O)O. The lowest BCUT2D eigenvalue weighted by Gasteiger charge is -2.30. The lowest BCUT2D eigenvalue weighted by molar-refractivity contribution is -0.137. The summed E-state index contributed by atoms with van der Waals surface area (Å²) in [7, 11) is 0. The lowest BCUT2D eigenvalue weighted by atomic mass is 10.1. The molecule has 0 unspecified atom stereocenters. The van der Waals surface area contributed by atoms with E-state index in [1.807, 2.05) is 13.8 Å². The van der Waals surface area contributed by atoms with Gasteiger partial charge in [0.05, 0.1) is 6.61 Å². The molecular formula is C14H22N2O4. The van der Waals surface area contributed by atoms with Gasteiger partial charge < -0.3 is 19.7 Å². The van der Waals surface area contributed by atoms with Crippen molar-refractivity contribution in [1.29, 1.82) is 0 Å². The predicted molar refractivity (Wildman–Crippen MR) is 74.6 cm³/mol. The second kappa shape index (κ2) is 7.69. The lowest BCUT2D eigenvalue weighted by Crippen LogP contribution is -2.42. The average molecular weight is 282 g/mol. The van der Waals surface area contributed by atoms with E-state index in [9.17, 15) is 9.59 Å². The van der Waals surface area contributed by atoms with Crippen molar-refractivity contribution in [3.63, 3.8) is 0 Å². The van der Waals surface area contributed by atoms with Crippen LogP contribution >= 0.6 is 0 Å². The molecule has 1 aromatic rings. The first-order valence-electron chi connectivity index (χ1n) is 6.83. The van der Waals surface area contributed by atoms with Gasteiger partial charge in [-0.15, -0.1) is 0 Å². The van der Waals surface area contributed by atoms with Gasteiger partial charge in [0.25, 0.3) is 5.91 Å². The molecule has 0 aliphatic heterocycles. The number of hydrogen-bond donors (Lipinski definition) is 2. The van der Waals surface area contributed by atoms with Crippen LogP contribution in [-0.2, 0) is 11.3 Å². The molecule has 0 aromatic carbocycles. The molecule has 6 heteroatoms. The van der Waals surface area contributed by atoms with Crippen molar-refractivity contribution in [3.8, 4) is 0 Å². The predicted octanol–water partition coefficient (Wildman–Crippen LogP) is 1.20. The smallest absolute Gasteiger partial charge is 0.323 e. The fourth-order valence-electron chi connectivity index (χ4n) is 2.33. The first kappa shape index (κ1) is 16.2. The number of carboxylic acids is 1. The number of carbonyl (C=O) groups is 2. The molecule has 112 valence electrons. The summed E-state index contributed by atoms with van der Waals surface area (Å²) in [5, 5.41) is 18.0. The summed E-state index contributed by atoms with van der Waals surface area (Å²) in [5.41, 5.74) is 0.341. The van der Waals surface area contributed by atoms with Gasteiger partial charge in [-0.05, 0) is 25.0 Å². The van der Waals surface area contributed by atoms with Crippen molar-refractivity contribution in [1.82, 2.24) is 9.47 Å². The van der Waals surface area contributed by atoms with Crippen LogP contribution in [0.2, 0.25) is 0 Å². The van der Waals surface area contributed by atoms with Gasteiger partial charge in [-0.3, -0.25) is 9.59 Å². The minimum atomic E-state index is -0.994. The molecule has 0 aliphatic rings. The van der Waals surface area contributed by atoms with Gasteiger partial charge in [-0.1, -0.05) is 13.8 Å². The maximum absolute atomic E-state index is 12.6. The first-order valence-corrected chi connectivity index (χ1v) is 6.83. The van der Waals surface area contributed by atoms with Gasteiger partial charge in [0.15, 0.2) is 0 Å². The Kier molecular flexibility index (Phi) is 6.24. The number of nitrogens with zero attached hydrogens (tertiary/aromatic N) is 2. The van der Waals surface area contributed by atoms with Crippen molar-refractivity contribution in [2.24, 2.45) is 0 Å². The number of amides is 1. The molecule has 1 rings (SSSR count). The van der Waals surface area contributed by atoms with E-state index in [-0.39, 0.29) is 31.6 Å². The van der Waals surface area contributed by atoms with Crippen molar-refractivity contribution >= 4 is 11.9 Å². The first-order chi connectivity index (χ1) is 9.54. The fourth-order valence-corrected chi connectivity index (χ4v) is 2.33. The molecule has 2 N–H and O–H groups in total. The number of hydrogen-bond acceptors (Lipinski definition) is 3. The summed E-state index contributed by atoms with van der Waals surface area (Å²) in [6.07, 6.45) is 3.16. The summed E-state index contributed by atoms with van der Waals surface area (Å²) in [4.78, 5) is 25.0. The molecule has 1 aromatic heterocycles. The van der Waals surface area contributed by atoms with Crippen molar-refractivity contribution in [3.05, 3.63) is 24.0 Å². The molecule has 1 heterocycles. The normalized spacial score (nSPS) is 10.8. The van der Waals surface area contributed by atoms with Crippen LogP contribution in [0, 0.1) is 0 Å². The van der Waals surface area contributed by atoms with E-state index in [4.69, 9.17) is 10.2 Å². The van der Waals surface area contributed by atoms with Crippen LogP contribution in [0.3, 0.4) is 0 Å². The highest BCUT2D eigenvalue weighted by molar-refractivity contribution is 5.93. The molecule has 0 aliphatic carbocycles. The number of carboxylic acid groups (broad SMARTS) is 1. The molecule has 20 heavy (non-hydrogen) atoms. The average Bonchev–Trinajstić information content (AvgIpc) is 2.85. The highest BCUT2D eigenvalue weighted by Crippen LogP contribution is 2.14. The third-order valence-corrected chi connectivity index (χ3v) is 3.34. The highest BCUT2D eigenvalue weighted by atomic mass is 16.4. The number of aliphatic carboxylic acids is 1. The van der Waals surface area contributed by atoms with Crippen LogP contribution in [0.4, 0.5) is 0 Å². The Morgan fingerprint density at radius 3 is 2.50 bits per heavy atom. The van der Waals surface area contributed by atoms with E-state index < -0.39 is 5.97 Å². The fraction of sp³-hybridized carbons (Fsp3) is 0.571. The summed E-state index contributed by atoms with van der Waals surface area (Å²) in [6.45, 7) is 3.87. The van der Waals surface area contributed by atoms with Gasteiger partial charge in [-0.2, -0.15) is 0 Å². The van der Waals surface area contributed by atoms with Crippen molar-refractivity contribution in [2.75, 3.05) is 13.2 Å². The number of rotatable bonds is 8. The highest BCUT2D eigenvalue weighted by Gasteiger charge is 2.24. The van der Waals surface area contributed by atoms with Crippen LogP contribution in [0.1, 0.15) is 37.2 Å². The second-order valence-electron chi connectivity index (χ2n) is 4.61. The zero-order valence-electron chi connectivity index (χ0n) is 12.0. The topological polar surface area (TPSA) is 82.8 Å². The third-order valence-electron chi connectivity index (χ3n) is 3.34. The monoisotopic (exact) mass is 282 g/mol. The molecular weight excluding hydrogens is 260 g/mol. The molecule has 0 saturated heterocycles. The molecule has 1 amide bonds. The van der Waals surface area contributed by atoms with Crippen LogP contribution in [0.25, 0.3) is 0 Å². The van der Waals surface area contributed by atoms with E-state index in [0.29, 0.717) is 5.69 Å². The zero-order chi connectivity index (χ0) is 15.1. The van der Waals surface area contributed by atoms with Gasteiger partial charge >= 0.3 is 5.97 Å². The van der Waals surface area contributed by atoms with Crippen molar-refractivity contribution < 1.29 is 19.8 Å². The van der Waals surface area contributed by atoms with Crippen LogP contribution in [0.15, 0.2) is 18.3 Å². The Bertz CT molecular complexity index is 452. The molecule has 0 bridgehead atoms. The van der Waals surface area contributed by atoms with E-state index in [2.05, 4.69) is 0 Å². The van der Waals surface area contributed by atoms with Gasteiger partial charge in [-0.25, -0.2) is 0 Å². The second-order valence-corrected chi connectivity index (χ2v) is 4.61. The van der Waals surface area contributed by atoms with Gasteiger partial charge in [0.1, 0.15) is 12.2 Å². The number of carbonyl (C=O) groups excluding carboxylic acids is 1. The summed E-state index contributed by atoms with van der Waals surface area (Å²) in [5.74, 6) is -1.23. The number of aliphatic hydroxyl groups excluding tert-OH is 1. The maximum atomic E-state index is 12.6. The molecule has 0 atom stereocenters. The minimum absolute atomic E-state index is 0.0443. The van der Waals surface area contributed by atoms with Crippen LogP contribution < -0.4 is 0 Å². The molecule has 0 spiro atoms. The molecule has 0 radical (unpaired) electrons. The number of aromatic nitrogens is 1. The quantitative estimate of drug-likeness (QED) is 0.750. The van der Waals surface area contributed by atoms with Gasteiger partial charge in [0.2, 0.25) is 0 Å². The Morgan fingerprint density at radius 2 is 2.00 bits per heavy atom. The summed E-state index contributed by atoms with van der Waals surface area (Å²) >= 11 is 0. The Hall–Kier alpha value is -1.82. The van der Waals surface area contributed by atoms with Gasteiger partial charge in [0, 0.05) is 18.8 Å². The summed E-state index contributed by atoms with van der Waals surface area (Å²) < 4.78 is 1.41. The molecule has 6 nitrogen and oxygen atoms in total. The third kappa shape index (κ3) is 3.84. The van der Waals surface area contributed by atoms with E-state index >= 15 is 0 Å². The maximum Gasteiger partial charge on any atom is 0.323 e. The van der Waals surface area contributed by atoms with Crippen LogP contribution in [0.5, 0.6) is 0 Å². The molecule has 0 saturated carbocycles. The number of aliphatic hydroxyl groups is 1. The Balaban J connectivity index is 3.00. The minimum Gasteiger partial charge on any atom is -0.480 e. The van der Waals surface area contributed by atoms with Crippen molar-refractivity contribution in [2.45, 2.75) is 39.3 Å². The Morgan fingerprint density at radius 1 is 1.35 bits per heavy atom. The van der Waals surface area contributed by atoms with E-state index in [1.165, 1.54) is 4.57 Å². The summed E-state index contributed by atoms with van der Waals surface area (Å²) in [6, 6.07) is 3.31. The van der Waals surface area contributed by atoms with Crippen LogP contribution in [-0.4, -0.2) is 50.8 Å². The zero-order valence-corrected chi connectivity index (χ0v) is 12.0. The largest absolute Gasteiger partial charge is 0.480 e. The van der Waals surface area contributed by atoms with E-state index in [1.54, 1.807) is 23.2 Å².